The van der Waals surface area contributed by atoms with Gasteiger partial charge in [-0.1, -0.05) is 30.3 Å². The topological polar surface area (TPSA) is 78.5 Å². The van der Waals surface area contributed by atoms with E-state index in [1.807, 2.05) is 57.2 Å². The third-order valence-corrected chi connectivity index (χ3v) is 5.09. The molecule has 8 heteroatoms. The van der Waals surface area contributed by atoms with Gasteiger partial charge in [0.25, 0.3) is 5.56 Å². The van der Waals surface area contributed by atoms with Gasteiger partial charge in [0.2, 0.25) is 0 Å². The van der Waals surface area contributed by atoms with Crippen LogP contribution in [-0.2, 0) is 12.1 Å². The van der Waals surface area contributed by atoms with E-state index in [1.165, 1.54) is 15.9 Å². The maximum absolute atomic E-state index is 12.8. The van der Waals surface area contributed by atoms with Crippen LogP contribution in [0, 0.1) is 0 Å². The van der Waals surface area contributed by atoms with Gasteiger partial charge in [0.15, 0.2) is 5.82 Å². The fourth-order valence-electron chi connectivity index (χ4n) is 2.55. The Morgan fingerprint density at radius 1 is 1.15 bits per heavy atom. The first kappa shape index (κ1) is 16.6. The van der Waals surface area contributed by atoms with Crippen molar-refractivity contribution in [2.45, 2.75) is 32.9 Å². The number of thiophene rings is 1. The zero-order chi connectivity index (χ0) is 18.3. The maximum Gasteiger partial charge on any atom is 0.271 e. The summed E-state index contributed by atoms with van der Waals surface area (Å²) in [5.74, 6) is 0.489. The smallest absolute Gasteiger partial charge is 0.271 e. The summed E-state index contributed by atoms with van der Waals surface area (Å²) in [7, 11) is 0. The molecule has 0 saturated carbocycles. The number of hydrogen-bond donors (Lipinski definition) is 0. The van der Waals surface area contributed by atoms with E-state index in [-0.39, 0.29) is 17.6 Å². The summed E-state index contributed by atoms with van der Waals surface area (Å²) < 4.78 is 2.16. The van der Waals surface area contributed by atoms with Crippen molar-refractivity contribution >= 4 is 21.6 Å². The average Bonchev–Trinajstić information content (AvgIpc) is 3.25. The van der Waals surface area contributed by atoms with Gasteiger partial charge in [-0.25, -0.2) is 4.98 Å². The Kier molecular flexibility index (Phi) is 3.91. The van der Waals surface area contributed by atoms with Crippen molar-refractivity contribution < 1.29 is 0 Å². The summed E-state index contributed by atoms with van der Waals surface area (Å²) in [6.07, 6.45) is 1.55. The van der Waals surface area contributed by atoms with Gasteiger partial charge in [0.1, 0.15) is 4.70 Å². The second kappa shape index (κ2) is 6.14. The molecule has 7 nitrogen and oxygen atoms in total. The highest BCUT2D eigenvalue weighted by atomic mass is 32.1. The number of rotatable bonds is 3. The zero-order valence-electron chi connectivity index (χ0n) is 14.7. The lowest BCUT2D eigenvalue weighted by molar-refractivity contribution is 0.305. The third-order valence-electron chi connectivity index (χ3n) is 3.93. The van der Waals surface area contributed by atoms with Crippen molar-refractivity contribution in [1.82, 2.24) is 29.8 Å². The molecule has 3 aromatic heterocycles. The second-order valence-corrected chi connectivity index (χ2v) is 8.09. The van der Waals surface area contributed by atoms with Crippen LogP contribution in [-0.4, -0.2) is 29.8 Å². The summed E-state index contributed by atoms with van der Waals surface area (Å²) in [4.78, 5) is 19.8. The highest BCUT2D eigenvalue weighted by molar-refractivity contribution is 7.22. The number of hydrogen-bond acceptors (Lipinski definition) is 6. The van der Waals surface area contributed by atoms with Crippen LogP contribution >= 0.6 is 11.3 Å². The molecule has 0 spiro atoms. The Bertz CT molecular complexity index is 1120. The first-order valence-electron chi connectivity index (χ1n) is 8.25. The average molecular weight is 366 g/mol. The molecule has 0 amide bonds. The molecule has 4 aromatic rings. The lowest BCUT2D eigenvalue weighted by Crippen LogP contribution is -2.25. The second-order valence-electron chi connectivity index (χ2n) is 7.03. The fourth-order valence-corrected chi connectivity index (χ4v) is 3.61. The minimum Gasteiger partial charge on any atom is -0.290 e. The molecule has 0 radical (unpaired) electrons. The summed E-state index contributed by atoms with van der Waals surface area (Å²) in [6, 6.07) is 11.9. The van der Waals surface area contributed by atoms with Gasteiger partial charge in [-0.3, -0.25) is 9.36 Å². The molecule has 0 aliphatic carbocycles. The summed E-state index contributed by atoms with van der Waals surface area (Å²) >= 11 is 1.45. The zero-order valence-corrected chi connectivity index (χ0v) is 15.6. The highest BCUT2D eigenvalue weighted by Crippen LogP contribution is 2.30. The Morgan fingerprint density at radius 2 is 1.92 bits per heavy atom. The normalized spacial score (nSPS) is 12.0. The lowest BCUT2D eigenvalue weighted by Gasteiger charge is -2.15. The van der Waals surface area contributed by atoms with Crippen LogP contribution in [0.5, 0.6) is 0 Å². The van der Waals surface area contributed by atoms with E-state index < -0.39 is 0 Å². The van der Waals surface area contributed by atoms with Crippen LogP contribution in [0.4, 0.5) is 0 Å². The van der Waals surface area contributed by atoms with E-state index in [9.17, 15) is 4.79 Å². The molecule has 0 bridgehead atoms. The van der Waals surface area contributed by atoms with E-state index in [2.05, 4.69) is 20.4 Å². The van der Waals surface area contributed by atoms with Crippen LogP contribution in [0.3, 0.4) is 0 Å². The highest BCUT2D eigenvalue weighted by Gasteiger charge is 2.18. The molecule has 4 rings (SSSR count). The summed E-state index contributed by atoms with van der Waals surface area (Å²) in [5.41, 5.74) is 1.45. The van der Waals surface area contributed by atoms with Crippen LogP contribution < -0.4 is 5.56 Å². The van der Waals surface area contributed by atoms with Crippen molar-refractivity contribution in [3.05, 3.63) is 58.9 Å². The molecule has 132 valence electrons. The van der Waals surface area contributed by atoms with Gasteiger partial charge in [-0.05, 0) is 37.6 Å². The van der Waals surface area contributed by atoms with Crippen molar-refractivity contribution in [3.8, 4) is 10.4 Å². The molecule has 0 fully saturated rings. The molecular weight excluding hydrogens is 348 g/mol. The Labute approximate surface area is 153 Å². The largest absolute Gasteiger partial charge is 0.290 e. The molecule has 0 aliphatic rings. The predicted molar refractivity (Wildman–Crippen MR) is 101 cm³/mol. The minimum absolute atomic E-state index is 0.0886. The lowest BCUT2D eigenvalue weighted by atomic mass is 10.1. The first-order valence-corrected chi connectivity index (χ1v) is 9.07. The van der Waals surface area contributed by atoms with Gasteiger partial charge in [0.05, 0.1) is 23.9 Å². The fraction of sp³-hybridized carbons (Fsp3) is 0.278. The SMILES string of the molecule is CC(C)(C)n1nnc(Cn2cnc3cc(-c4ccccc4)sc3c2=O)n1. The van der Waals surface area contributed by atoms with Gasteiger partial charge in [-0.2, -0.15) is 4.80 Å². The third kappa shape index (κ3) is 3.03. The molecule has 1 aromatic carbocycles. The molecular formula is C18H18N6OS. The molecule has 0 atom stereocenters. The molecule has 0 N–H and O–H groups in total. The van der Waals surface area contributed by atoms with Gasteiger partial charge in [-0.15, -0.1) is 21.5 Å². The quantitative estimate of drug-likeness (QED) is 0.557. The van der Waals surface area contributed by atoms with Crippen molar-refractivity contribution in [2.24, 2.45) is 0 Å². The van der Waals surface area contributed by atoms with Gasteiger partial charge in [0, 0.05) is 4.88 Å². The van der Waals surface area contributed by atoms with Crippen molar-refractivity contribution in [2.75, 3.05) is 0 Å². The Hall–Kier alpha value is -2.87. The number of tetrazole rings is 1. The maximum atomic E-state index is 12.8. The van der Waals surface area contributed by atoms with Crippen molar-refractivity contribution in [3.63, 3.8) is 0 Å². The molecule has 0 aliphatic heterocycles. The van der Waals surface area contributed by atoms with E-state index >= 15 is 0 Å². The number of fused-ring (bicyclic) bond motifs is 1. The molecule has 0 saturated heterocycles. The van der Waals surface area contributed by atoms with Gasteiger partial charge >= 0.3 is 0 Å². The van der Waals surface area contributed by atoms with E-state index in [1.54, 1.807) is 11.1 Å². The number of aromatic nitrogens is 6. The molecule has 3 heterocycles. The van der Waals surface area contributed by atoms with E-state index in [0.717, 1.165) is 10.4 Å². The molecule has 26 heavy (non-hydrogen) atoms. The Morgan fingerprint density at radius 3 is 2.62 bits per heavy atom. The summed E-state index contributed by atoms with van der Waals surface area (Å²) in [5, 5.41) is 12.5. The monoisotopic (exact) mass is 366 g/mol. The van der Waals surface area contributed by atoms with Crippen LogP contribution in [0.25, 0.3) is 20.7 Å². The Balaban J connectivity index is 1.70. The van der Waals surface area contributed by atoms with Crippen LogP contribution in [0.1, 0.15) is 26.6 Å². The van der Waals surface area contributed by atoms with E-state index in [0.29, 0.717) is 16.0 Å². The first-order chi connectivity index (χ1) is 12.4. The number of nitrogens with zero attached hydrogens (tertiary/aromatic N) is 6. The minimum atomic E-state index is -0.253. The van der Waals surface area contributed by atoms with Crippen molar-refractivity contribution in [1.29, 1.82) is 0 Å². The molecule has 0 unspecified atom stereocenters. The predicted octanol–water partition coefficient (Wildman–Crippen LogP) is 2.91. The van der Waals surface area contributed by atoms with Gasteiger partial charge < -0.3 is 0 Å². The number of benzene rings is 1. The standard InChI is InChI=1S/C18H18N6OS/c1-18(2,3)24-21-15(20-22-24)10-23-11-19-13-9-14(26-16(13)17(23)25)12-7-5-4-6-8-12/h4-9,11H,10H2,1-3H3. The summed E-state index contributed by atoms with van der Waals surface area (Å²) in [6.45, 7) is 6.23. The van der Waals surface area contributed by atoms with Crippen LogP contribution in [0.15, 0.2) is 47.5 Å². The van der Waals surface area contributed by atoms with E-state index in [4.69, 9.17) is 0 Å². The van der Waals surface area contributed by atoms with Crippen LogP contribution in [0.2, 0.25) is 0 Å².